The van der Waals surface area contributed by atoms with Crippen LogP contribution in [0.2, 0.25) is 0 Å². The van der Waals surface area contributed by atoms with Crippen LogP contribution in [0.25, 0.3) is 0 Å². The monoisotopic (exact) mass is 208 g/mol. The molecule has 1 fully saturated rings. The predicted molar refractivity (Wildman–Crippen MR) is 55.5 cm³/mol. The van der Waals surface area contributed by atoms with Gasteiger partial charge in [0.15, 0.2) is 5.78 Å². The average Bonchev–Trinajstić information content (AvgIpc) is 2.17. The Bertz CT molecular complexity index is 330. The molecule has 0 aromatic rings. The maximum Gasteiger partial charge on any atom is 0.304 e. The van der Waals surface area contributed by atoms with Crippen LogP contribution in [0.3, 0.4) is 0 Å². The van der Waals surface area contributed by atoms with E-state index in [1.54, 1.807) is 6.08 Å². The summed E-state index contributed by atoms with van der Waals surface area (Å²) in [5.74, 6) is -0.565. The summed E-state index contributed by atoms with van der Waals surface area (Å²) in [5.41, 5.74) is 0.922. The van der Waals surface area contributed by atoms with E-state index >= 15 is 0 Å². The summed E-state index contributed by atoms with van der Waals surface area (Å²) in [6, 6.07) is 0. The first-order valence-corrected chi connectivity index (χ1v) is 5.58. The van der Waals surface area contributed by atoms with Crippen LogP contribution in [0.4, 0.5) is 0 Å². The van der Waals surface area contributed by atoms with Crippen LogP contribution in [0.15, 0.2) is 11.6 Å². The lowest BCUT2D eigenvalue weighted by atomic mass is 9.63. The molecule has 0 aromatic heterocycles. The van der Waals surface area contributed by atoms with Gasteiger partial charge in [0.2, 0.25) is 0 Å². The molecule has 1 unspecified atom stereocenters. The van der Waals surface area contributed by atoms with Gasteiger partial charge in [-0.15, -0.1) is 0 Å². The van der Waals surface area contributed by atoms with E-state index in [-0.39, 0.29) is 17.6 Å². The Balaban J connectivity index is 2.28. The first-order chi connectivity index (χ1) is 7.12. The minimum absolute atomic E-state index is 0.174. The van der Waals surface area contributed by atoms with E-state index in [0.717, 1.165) is 37.7 Å². The molecule has 82 valence electrons. The van der Waals surface area contributed by atoms with E-state index in [9.17, 15) is 9.59 Å². The molecule has 0 saturated heterocycles. The summed E-state index contributed by atoms with van der Waals surface area (Å²) >= 11 is 0. The van der Waals surface area contributed by atoms with Crippen LogP contribution in [0.5, 0.6) is 0 Å². The molecule has 0 heterocycles. The molecule has 3 nitrogen and oxygen atoms in total. The summed E-state index contributed by atoms with van der Waals surface area (Å²) in [6.45, 7) is 0. The summed E-state index contributed by atoms with van der Waals surface area (Å²) in [4.78, 5) is 22.2. The quantitative estimate of drug-likeness (QED) is 0.757. The lowest BCUT2D eigenvalue weighted by Gasteiger charge is -2.41. The molecular formula is C12H16O3. The zero-order valence-corrected chi connectivity index (χ0v) is 8.79. The summed E-state index contributed by atoms with van der Waals surface area (Å²) in [5, 5.41) is 8.95. The number of allylic oxidation sites excluding steroid dienone is 2. The highest BCUT2D eigenvalue weighted by atomic mass is 16.4. The number of carbonyl (C=O) groups excluding carboxylic acids is 1. The largest absolute Gasteiger partial charge is 0.481 e. The molecule has 2 aliphatic rings. The third-order valence-corrected chi connectivity index (χ3v) is 3.71. The number of carboxylic acids is 1. The van der Waals surface area contributed by atoms with E-state index in [2.05, 4.69) is 0 Å². The van der Waals surface area contributed by atoms with Crippen molar-refractivity contribution in [2.24, 2.45) is 5.41 Å². The number of carbonyl (C=O) groups is 2. The van der Waals surface area contributed by atoms with Crippen molar-refractivity contribution in [2.45, 2.75) is 44.9 Å². The predicted octanol–water partition coefficient (Wildman–Crippen LogP) is 2.31. The smallest absolute Gasteiger partial charge is 0.304 e. The third-order valence-electron chi connectivity index (χ3n) is 3.71. The molecule has 0 amide bonds. The molecular weight excluding hydrogens is 192 g/mol. The molecule has 1 saturated carbocycles. The number of carboxylic acid groups (broad SMARTS) is 1. The number of hydrogen-bond acceptors (Lipinski definition) is 2. The number of aliphatic carboxylic acids is 1. The molecule has 2 aliphatic carbocycles. The first kappa shape index (κ1) is 10.4. The van der Waals surface area contributed by atoms with Crippen LogP contribution in [-0.2, 0) is 9.59 Å². The molecule has 0 aromatic carbocycles. The minimum atomic E-state index is -0.739. The Morgan fingerprint density at radius 2 is 2.13 bits per heavy atom. The van der Waals surface area contributed by atoms with Gasteiger partial charge in [-0.05, 0) is 31.8 Å². The van der Waals surface area contributed by atoms with Crippen LogP contribution >= 0.6 is 0 Å². The highest BCUT2D eigenvalue weighted by Gasteiger charge is 2.40. The maximum absolute atomic E-state index is 11.3. The fraction of sp³-hybridized carbons (Fsp3) is 0.667. The zero-order chi connectivity index (χ0) is 10.9. The van der Waals surface area contributed by atoms with Gasteiger partial charge in [0, 0.05) is 11.8 Å². The van der Waals surface area contributed by atoms with Gasteiger partial charge in [0.1, 0.15) is 0 Å². The third kappa shape index (κ3) is 1.96. The fourth-order valence-corrected chi connectivity index (χ4v) is 2.92. The minimum Gasteiger partial charge on any atom is -0.481 e. The maximum atomic E-state index is 11.3. The highest BCUT2D eigenvalue weighted by Crippen LogP contribution is 2.49. The van der Waals surface area contributed by atoms with Crippen molar-refractivity contribution < 1.29 is 14.7 Å². The van der Waals surface area contributed by atoms with Crippen LogP contribution in [0.1, 0.15) is 44.9 Å². The van der Waals surface area contributed by atoms with Crippen molar-refractivity contribution >= 4 is 11.8 Å². The Morgan fingerprint density at radius 1 is 1.33 bits per heavy atom. The van der Waals surface area contributed by atoms with Crippen molar-refractivity contribution in [2.75, 3.05) is 0 Å². The van der Waals surface area contributed by atoms with Gasteiger partial charge < -0.3 is 5.11 Å². The molecule has 0 aliphatic heterocycles. The summed E-state index contributed by atoms with van der Waals surface area (Å²) in [6.07, 6.45) is 7.23. The van der Waals surface area contributed by atoms with Gasteiger partial charge in [-0.3, -0.25) is 9.59 Å². The molecule has 0 bridgehead atoms. The molecule has 2 rings (SSSR count). The van der Waals surface area contributed by atoms with Crippen molar-refractivity contribution in [1.82, 2.24) is 0 Å². The Kier molecular flexibility index (Phi) is 2.63. The number of hydrogen-bond donors (Lipinski definition) is 1. The van der Waals surface area contributed by atoms with E-state index in [1.165, 1.54) is 0 Å². The SMILES string of the molecule is O=C(O)CC12CCCCC1=CC(=O)CC2. The number of fused-ring (bicyclic) bond motifs is 1. The van der Waals surface area contributed by atoms with Gasteiger partial charge in [0.25, 0.3) is 0 Å². The first-order valence-electron chi connectivity index (χ1n) is 5.58. The highest BCUT2D eigenvalue weighted by molar-refractivity contribution is 5.92. The molecule has 3 heteroatoms. The summed E-state index contributed by atoms with van der Waals surface area (Å²) < 4.78 is 0. The van der Waals surface area contributed by atoms with Crippen molar-refractivity contribution in [3.05, 3.63) is 11.6 Å². The molecule has 0 radical (unpaired) electrons. The molecule has 1 atom stereocenters. The van der Waals surface area contributed by atoms with Gasteiger partial charge in [-0.2, -0.15) is 0 Å². The van der Waals surface area contributed by atoms with Crippen LogP contribution in [-0.4, -0.2) is 16.9 Å². The second kappa shape index (κ2) is 3.80. The second-order valence-corrected chi connectivity index (χ2v) is 4.69. The fourth-order valence-electron chi connectivity index (χ4n) is 2.92. The zero-order valence-electron chi connectivity index (χ0n) is 8.79. The number of ketones is 1. The lowest BCUT2D eigenvalue weighted by molar-refractivity contribution is -0.140. The van der Waals surface area contributed by atoms with Gasteiger partial charge in [0.05, 0.1) is 6.42 Å². The van der Waals surface area contributed by atoms with Crippen molar-refractivity contribution in [3.63, 3.8) is 0 Å². The topological polar surface area (TPSA) is 54.4 Å². The van der Waals surface area contributed by atoms with Gasteiger partial charge in [-0.25, -0.2) is 0 Å². The molecule has 0 spiro atoms. The van der Waals surface area contributed by atoms with E-state index in [0.29, 0.717) is 6.42 Å². The number of rotatable bonds is 2. The Morgan fingerprint density at radius 3 is 2.87 bits per heavy atom. The van der Waals surface area contributed by atoms with Crippen molar-refractivity contribution in [3.8, 4) is 0 Å². The van der Waals surface area contributed by atoms with E-state index < -0.39 is 5.97 Å². The normalized spacial score (nSPS) is 30.7. The standard InChI is InChI=1S/C12H16O3/c13-10-4-6-12(8-11(14)15)5-2-1-3-9(12)7-10/h7H,1-6,8H2,(H,14,15). The van der Waals surface area contributed by atoms with Crippen LogP contribution in [0, 0.1) is 5.41 Å². The van der Waals surface area contributed by atoms with Gasteiger partial charge in [-0.1, -0.05) is 12.0 Å². The lowest BCUT2D eigenvalue weighted by Crippen LogP contribution is -2.33. The Labute approximate surface area is 89.2 Å². The molecule has 15 heavy (non-hydrogen) atoms. The average molecular weight is 208 g/mol. The van der Waals surface area contributed by atoms with Crippen LogP contribution < -0.4 is 0 Å². The van der Waals surface area contributed by atoms with Gasteiger partial charge >= 0.3 is 5.97 Å². The summed E-state index contributed by atoms with van der Waals surface area (Å²) in [7, 11) is 0. The van der Waals surface area contributed by atoms with Crippen molar-refractivity contribution in [1.29, 1.82) is 0 Å². The molecule has 1 N–H and O–H groups in total. The van der Waals surface area contributed by atoms with E-state index in [1.807, 2.05) is 0 Å². The Hall–Kier alpha value is -1.12. The second-order valence-electron chi connectivity index (χ2n) is 4.69. The van der Waals surface area contributed by atoms with E-state index in [4.69, 9.17) is 5.11 Å².